The van der Waals surface area contributed by atoms with E-state index in [4.69, 9.17) is 0 Å². The van der Waals surface area contributed by atoms with Crippen molar-refractivity contribution >= 4 is 21.6 Å². The first-order valence-corrected chi connectivity index (χ1v) is 10.9. The maximum Gasteiger partial charge on any atom is 0.264 e. The maximum absolute atomic E-state index is 13.8. The molecular formula is C23H23FN2O3S. The Kier molecular flexibility index (Phi) is 6.52. The third-order valence-corrected chi connectivity index (χ3v) is 6.44. The first-order valence-electron chi connectivity index (χ1n) is 9.43. The molecule has 0 aliphatic rings. The molecule has 0 saturated carbocycles. The van der Waals surface area contributed by atoms with E-state index in [0.29, 0.717) is 11.3 Å². The second-order valence-electron chi connectivity index (χ2n) is 7.03. The van der Waals surface area contributed by atoms with E-state index in [1.165, 1.54) is 18.2 Å². The predicted molar refractivity (Wildman–Crippen MR) is 115 cm³/mol. The minimum absolute atomic E-state index is 0.0299. The summed E-state index contributed by atoms with van der Waals surface area (Å²) in [5, 5.41) is 2.60. The Hall–Kier alpha value is -3.19. The minimum atomic E-state index is -3.97. The van der Waals surface area contributed by atoms with E-state index in [-0.39, 0.29) is 11.4 Å². The summed E-state index contributed by atoms with van der Waals surface area (Å²) in [6, 6.07) is 19.4. The van der Waals surface area contributed by atoms with Crippen molar-refractivity contribution in [3.63, 3.8) is 0 Å². The highest BCUT2D eigenvalue weighted by molar-refractivity contribution is 7.92. The van der Waals surface area contributed by atoms with Gasteiger partial charge in [-0.1, -0.05) is 53.6 Å². The fourth-order valence-corrected chi connectivity index (χ4v) is 4.31. The number of carbonyl (C=O) groups is 1. The molecule has 156 valence electrons. The number of carbonyl (C=O) groups excluding carboxylic acids is 1. The largest absolute Gasteiger partial charge is 0.350 e. The molecule has 0 fully saturated rings. The summed E-state index contributed by atoms with van der Waals surface area (Å²) < 4.78 is 41.4. The van der Waals surface area contributed by atoms with Crippen LogP contribution in [0.4, 0.5) is 10.1 Å². The van der Waals surface area contributed by atoms with Gasteiger partial charge in [0.15, 0.2) is 0 Å². The van der Waals surface area contributed by atoms with Crippen molar-refractivity contribution in [3.05, 3.63) is 95.3 Å². The fraction of sp³-hybridized carbons (Fsp3) is 0.174. The second-order valence-corrected chi connectivity index (χ2v) is 8.89. The lowest BCUT2D eigenvalue weighted by atomic mass is 10.2. The van der Waals surface area contributed by atoms with Crippen LogP contribution in [-0.4, -0.2) is 20.9 Å². The van der Waals surface area contributed by atoms with Crippen LogP contribution >= 0.6 is 0 Å². The van der Waals surface area contributed by atoms with Crippen molar-refractivity contribution in [3.8, 4) is 0 Å². The standard InChI is InChI=1S/C23H23FN2O3S/c1-17-7-11-20(12-8-17)26(30(28,29)21-13-9-18(2)10-14-21)16-23(27)25-15-19-5-3-4-6-22(19)24/h3-14H,15-16H2,1-2H3,(H,25,27). The highest BCUT2D eigenvalue weighted by atomic mass is 32.2. The Morgan fingerprint density at radius 3 is 2.07 bits per heavy atom. The lowest BCUT2D eigenvalue weighted by molar-refractivity contribution is -0.119. The molecule has 0 radical (unpaired) electrons. The van der Waals surface area contributed by atoms with Crippen LogP contribution in [0.25, 0.3) is 0 Å². The van der Waals surface area contributed by atoms with Gasteiger partial charge in [0, 0.05) is 12.1 Å². The van der Waals surface area contributed by atoms with Crippen molar-refractivity contribution < 1.29 is 17.6 Å². The van der Waals surface area contributed by atoms with Gasteiger partial charge < -0.3 is 5.32 Å². The summed E-state index contributed by atoms with van der Waals surface area (Å²) in [5.74, 6) is -0.963. The van der Waals surface area contributed by atoms with Gasteiger partial charge in [-0.05, 0) is 44.2 Å². The molecule has 0 atom stereocenters. The molecule has 0 unspecified atom stereocenters. The van der Waals surface area contributed by atoms with Gasteiger partial charge in [-0.15, -0.1) is 0 Å². The monoisotopic (exact) mass is 426 g/mol. The van der Waals surface area contributed by atoms with Gasteiger partial charge in [-0.2, -0.15) is 0 Å². The van der Waals surface area contributed by atoms with E-state index in [0.717, 1.165) is 15.4 Å². The molecule has 1 amide bonds. The SMILES string of the molecule is Cc1ccc(N(CC(=O)NCc2ccccc2F)S(=O)(=O)c2ccc(C)cc2)cc1. The number of sulfonamides is 1. The van der Waals surface area contributed by atoms with Gasteiger partial charge in [0.25, 0.3) is 10.0 Å². The molecule has 3 aromatic rings. The van der Waals surface area contributed by atoms with Gasteiger partial charge in [0.2, 0.25) is 5.91 Å². The Morgan fingerprint density at radius 1 is 0.900 bits per heavy atom. The van der Waals surface area contributed by atoms with Crippen LogP contribution in [0.15, 0.2) is 77.7 Å². The summed E-state index contributed by atoms with van der Waals surface area (Å²) in [6.07, 6.45) is 0. The minimum Gasteiger partial charge on any atom is -0.350 e. The average molecular weight is 427 g/mol. The van der Waals surface area contributed by atoms with Gasteiger partial charge in [-0.3, -0.25) is 9.10 Å². The molecule has 5 nitrogen and oxygen atoms in total. The van der Waals surface area contributed by atoms with Crippen LogP contribution in [0.3, 0.4) is 0 Å². The topological polar surface area (TPSA) is 66.5 Å². The average Bonchev–Trinajstić information content (AvgIpc) is 2.72. The molecule has 30 heavy (non-hydrogen) atoms. The zero-order valence-corrected chi connectivity index (χ0v) is 17.6. The molecule has 0 bridgehead atoms. The van der Waals surface area contributed by atoms with Crippen molar-refractivity contribution in [2.45, 2.75) is 25.3 Å². The van der Waals surface area contributed by atoms with Crippen LogP contribution < -0.4 is 9.62 Å². The van der Waals surface area contributed by atoms with E-state index >= 15 is 0 Å². The molecule has 0 aliphatic carbocycles. The van der Waals surface area contributed by atoms with Crippen LogP contribution in [-0.2, 0) is 21.4 Å². The number of benzene rings is 3. The molecular weight excluding hydrogens is 403 g/mol. The number of anilines is 1. The lowest BCUT2D eigenvalue weighted by Crippen LogP contribution is -2.40. The summed E-state index contributed by atoms with van der Waals surface area (Å²) in [7, 11) is -3.97. The van der Waals surface area contributed by atoms with E-state index in [1.54, 1.807) is 54.6 Å². The summed E-state index contributed by atoms with van der Waals surface area (Å²) in [5.41, 5.74) is 2.60. The van der Waals surface area contributed by atoms with E-state index in [2.05, 4.69) is 5.32 Å². The Balaban J connectivity index is 1.86. The molecule has 0 aliphatic heterocycles. The third-order valence-electron chi connectivity index (χ3n) is 4.65. The highest BCUT2D eigenvalue weighted by Crippen LogP contribution is 2.24. The first kappa shape index (κ1) is 21.5. The molecule has 0 spiro atoms. The number of rotatable bonds is 7. The van der Waals surface area contributed by atoms with Crippen LogP contribution in [0.1, 0.15) is 16.7 Å². The van der Waals surface area contributed by atoms with E-state index in [9.17, 15) is 17.6 Å². The fourth-order valence-electron chi connectivity index (χ4n) is 2.89. The molecule has 7 heteroatoms. The Labute approximate surface area is 176 Å². The van der Waals surface area contributed by atoms with E-state index in [1.807, 2.05) is 13.8 Å². The lowest BCUT2D eigenvalue weighted by Gasteiger charge is -2.24. The van der Waals surface area contributed by atoms with Gasteiger partial charge in [-0.25, -0.2) is 12.8 Å². The van der Waals surface area contributed by atoms with Gasteiger partial charge in [0.1, 0.15) is 12.4 Å². The number of aryl methyl sites for hydroxylation is 2. The second kappa shape index (κ2) is 9.09. The van der Waals surface area contributed by atoms with Crippen LogP contribution in [0.5, 0.6) is 0 Å². The van der Waals surface area contributed by atoms with E-state index < -0.39 is 28.3 Å². The molecule has 0 saturated heterocycles. The smallest absolute Gasteiger partial charge is 0.264 e. The number of hydrogen-bond donors (Lipinski definition) is 1. The quantitative estimate of drug-likeness (QED) is 0.622. The van der Waals surface area contributed by atoms with Crippen molar-refractivity contribution in [2.75, 3.05) is 10.8 Å². The first-order chi connectivity index (χ1) is 14.3. The van der Waals surface area contributed by atoms with Crippen molar-refractivity contribution in [1.82, 2.24) is 5.32 Å². The number of hydrogen-bond acceptors (Lipinski definition) is 3. The maximum atomic E-state index is 13.8. The predicted octanol–water partition coefficient (Wildman–Crippen LogP) is 3.95. The molecule has 3 rings (SSSR count). The van der Waals surface area contributed by atoms with Gasteiger partial charge >= 0.3 is 0 Å². The molecule has 3 aromatic carbocycles. The number of nitrogens with zero attached hydrogens (tertiary/aromatic N) is 1. The van der Waals surface area contributed by atoms with Gasteiger partial charge in [0.05, 0.1) is 10.6 Å². The highest BCUT2D eigenvalue weighted by Gasteiger charge is 2.27. The molecule has 0 aromatic heterocycles. The molecule has 1 N–H and O–H groups in total. The number of amides is 1. The zero-order chi connectivity index (χ0) is 21.7. The van der Waals surface area contributed by atoms with Crippen LogP contribution in [0, 0.1) is 19.7 Å². The summed E-state index contributed by atoms with van der Waals surface area (Å²) >= 11 is 0. The van der Waals surface area contributed by atoms with Crippen molar-refractivity contribution in [2.24, 2.45) is 0 Å². The Bertz CT molecular complexity index is 1130. The normalized spacial score (nSPS) is 11.2. The molecule has 0 heterocycles. The number of halogens is 1. The summed E-state index contributed by atoms with van der Waals surface area (Å²) in [6.45, 7) is 3.31. The van der Waals surface area contributed by atoms with Crippen molar-refractivity contribution in [1.29, 1.82) is 0 Å². The third kappa shape index (κ3) is 5.04. The number of nitrogens with one attached hydrogen (secondary N) is 1. The zero-order valence-electron chi connectivity index (χ0n) is 16.8. The van der Waals surface area contributed by atoms with Crippen LogP contribution in [0.2, 0.25) is 0 Å². The Morgan fingerprint density at radius 2 is 1.47 bits per heavy atom. The summed E-state index contributed by atoms with van der Waals surface area (Å²) in [4.78, 5) is 12.7.